The van der Waals surface area contributed by atoms with Crippen LogP contribution in [0.3, 0.4) is 0 Å². The predicted octanol–water partition coefficient (Wildman–Crippen LogP) is 4.51. The van der Waals surface area contributed by atoms with Crippen molar-refractivity contribution >= 4 is 32.7 Å². The minimum Gasteiger partial charge on any atom is -0.465 e. The van der Waals surface area contributed by atoms with E-state index in [0.717, 1.165) is 18.3 Å². The van der Waals surface area contributed by atoms with Gasteiger partial charge in [-0.1, -0.05) is 18.2 Å². The lowest BCUT2D eigenvalue weighted by Gasteiger charge is -2.31. The van der Waals surface area contributed by atoms with Crippen molar-refractivity contribution in [2.45, 2.75) is 30.2 Å². The second-order valence-corrected chi connectivity index (χ2v) is 9.29. The first-order chi connectivity index (χ1) is 15.2. The summed E-state index contributed by atoms with van der Waals surface area (Å²) in [5.41, 5.74) is -0.184. The van der Waals surface area contributed by atoms with Gasteiger partial charge in [-0.05, 0) is 37.1 Å². The Bertz CT molecular complexity index is 1270. The van der Waals surface area contributed by atoms with Crippen molar-refractivity contribution in [1.29, 1.82) is 0 Å². The normalized spacial score (nSPS) is 15.4. The molecule has 0 aliphatic carbocycles. The number of anilines is 1. The van der Waals surface area contributed by atoms with Gasteiger partial charge in [0.05, 0.1) is 5.52 Å². The number of piperidine rings is 1. The molecule has 0 unspecified atom stereocenters. The van der Waals surface area contributed by atoms with Crippen LogP contribution in [0.4, 0.5) is 23.7 Å². The lowest BCUT2D eigenvalue weighted by atomic mass is 10.0. The van der Waals surface area contributed by atoms with Crippen LogP contribution in [0.15, 0.2) is 53.6 Å². The van der Waals surface area contributed by atoms with Crippen LogP contribution in [0, 0.1) is 5.82 Å². The van der Waals surface area contributed by atoms with E-state index in [4.69, 9.17) is 5.11 Å². The minimum absolute atomic E-state index is 0.00322. The van der Waals surface area contributed by atoms with E-state index in [-0.39, 0.29) is 16.9 Å². The Morgan fingerprint density at radius 1 is 1.09 bits per heavy atom. The van der Waals surface area contributed by atoms with Crippen molar-refractivity contribution < 1.29 is 31.5 Å². The molecule has 1 amide bonds. The summed E-state index contributed by atoms with van der Waals surface area (Å²) < 4.78 is 68.9. The molecule has 1 aromatic heterocycles. The van der Waals surface area contributed by atoms with Crippen molar-refractivity contribution in [2.24, 2.45) is 0 Å². The van der Waals surface area contributed by atoms with E-state index >= 15 is 0 Å². The van der Waals surface area contributed by atoms with E-state index in [1.165, 1.54) is 29.2 Å². The van der Waals surface area contributed by atoms with Gasteiger partial charge in [-0.3, -0.25) is 0 Å². The Hall–Kier alpha value is -3.21. The summed E-state index contributed by atoms with van der Waals surface area (Å²) >= 11 is 0. The number of carboxylic acid groups (broad SMARTS) is 1. The smallest absolute Gasteiger partial charge is 0.407 e. The summed E-state index contributed by atoms with van der Waals surface area (Å²) in [5.74, 6) is -0.979. The Morgan fingerprint density at radius 3 is 2.41 bits per heavy atom. The third-order valence-corrected chi connectivity index (χ3v) is 7.27. The molecular formula is C21H20F3N3O4S. The third-order valence-electron chi connectivity index (χ3n) is 5.56. The van der Waals surface area contributed by atoms with Gasteiger partial charge in [-0.25, -0.2) is 30.4 Å². The second-order valence-electron chi connectivity index (χ2n) is 7.50. The molecular weight excluding hydrogens is 447 g/mol. The molecule has 32 heavy (non-hydrogen) atoms. The van der Waals surface area contributed by atoms with Crippen LogP contribution in [0.2, 0.25) is 0 Å². The molecule has 2 N–H and O–H groups in total. The summed E-state index contributed by atoms with van der Waals surface area (Å²) in [7, 11) is -4.47. The SMILES string of the molecule is O=C(O)N1CCC(Nc2cccc3c2c(C(F)F)cn3S(=O)(=O)c2ccccc2F)CC1. The summed E-state index contributed by atoms with van der Waals surface area (Å²) in [6, 6.07) is 9.07. The Kier molecular flexibility index (Phi) is 5.76. The van der Waals surface area contributed by atoms with Gasteiger partial charge in [0.2, 0.25) is 0 Å². The highest BCUT2D eigenvalue weighted by atomic mass is 32.2. The molecule has 2 aromatic carbocycles. The third kappa shape index (κ3) is 3.88. The average molecular weight is 467 g/mol. The number of halogens is 3. The zero-order chi connectivity index (χ0) is 23.0. The molecule has 1 aliphatic rings. The number of benzene rings is 2. The molecule has 0 spiro atoms. The zero-order valence-electron chi connectivity index (χ0n) is 16.7. The number of likely N-dealkylation sites (tertiary alicyclic amines) is 1. The molecule has 2 heterocycles. The van der Waals surface area contributed by atoms with E-state index < -0.39 is 38.8 Å². The number of carbonyl (C=O) groups is 1. The van der Waals surface area contributed by atoms with Gasteiger partial charge in [0.15, 0.2) is 0 Å². The topological polar surface area (TPSA) is 91.6 Å². The van der Waals surface area contributed by atoms with E-state index in [1.54, 1.807) is 6.07 Å². The van der Waals surface area contributed by atoms with Gasteiger partial charge in [0.1, 0.15) is 10.7 Å². The number of nitrogens with zero attached hydrogens (tertiary/aromatic N) is 2. The maximum absolute atomic E-state index is 14.2. The summed E-state index contributed by atoms with van der Waals surface area (Å²) in [4.78, 5) is 11.8. The first-order valence-electron chi connectivity index (χ1n) is 9.86. The monoisotopic (exact) mass is 467 g/mol. The lowest BCUT2D eigenvalue weighted by Crippen LogP contribution is -2.41. The Balaban J connectivity index is 1.77. The van der Waals surface area contributed by atoms with Gasteiger partial charge in [-0.2, -0.15) is 0 Å². The van der Waals surface area contributed by atoms with Gasteiger partial charge in [0.25, 0.3) is 16.4 Å². The number of amides is 1. The number of nitrogens with one attached hydrogen (secondary N) is 1. The summed E-state index contributed by atoms with van der Waals surface area (Å²) in [6.07, 6.45) is -2.20. The molecule has 0 bridgehead atoms. The van der Waals surface area contributed by atoms with Crippen LogP contribution in [0.5, 0.6) is 0 Å². The van der Waals surface area contributed by atoms with E-state index in [9.17, 15) is 26.4 Å². The molecule has 1 saturated heterocycles. The molecule has 1 fully saturated rings. The molecule has 170 valence electrons. The van der Waals surface area contributed by atoms with Crippen molar-refractivity contribution in [1.82, 2.24) is 8.87 Å². The number of fused-ring (bicyclic) bond motifs is 1. The van der Waals surface area contributed by atoms with Crippen LogP contribution in [0.25, 0.3) is 10.9 Å². The van der Waals surface area contributed by atoms with Crippen LogP contribution >= 0.6 is 0 Å². The maximum atomic E-state index is 14.2. The molecule has 0 radical (unpaired) electrons. The highest BCUT2D eigenvalue weighted by Crippen LogP contribution is 2.37. The van der Waals surface area contributed by atoms with Crippen molar-refractivity contribution in [3.63, 3.8) is 0 Å². The first-order valence-corrected chi connectivity index (χ1v) is 11.3. The molecule has 1 aliphatic heterocycles. The van der Waals surface area contributed by atoms with Crippen molar-refractivity contribution in [3.05, 3.63) is 60.0 Å². The molecule has 0 atom stereocenters. The van der Waals surface area contributed by atoms with E-state index in [2.05, 4.69) is 5.32 Å². The molecule has 7 nitrogen and oxygen atoms in total. The number of hydrogen-bond donors (Lipinski definition) is 2. The highest BCUT2D eigenvalue weighted by Gasteiger charge is 2.29. The highest BCUT2D eigenvalue weighted by molar-refractivity contribution is 7.90. The van der Waals surface area contributed by atoms with E-state index in [0.29, 0.717) is 35.6 Å². The Morgan fingerprint density at radius 2 is 1.78 bits per heavy atom. The minimum atomic E-state index is -4.47. The van der Waals surface area contributed by atoms with E-state index in [1.807, 2.05) is 0 Å². The molecule has 0 saturated carbocycles. The standard InChI is InChI=1S/C21H20F3N3O4S/c22-15-4-1-2-7-18(15)32(30,31)27-12-14(20(23)24)19-16(5-3-6-17(19)27)25-13-8-10-26(11-9-13)21(28)29/h1-7,12-13,20,25H,8-11H2,(H,28,29). The summed E-state index contributed by atoms with van der Waals surface area (Å²) in [5, 5.41) is 12.3. The quantitative estimate of drug-likeness (QED) is 0.576. The lowest BCUT2D eigenvalue weighted by molar-refractivity contribution is 0.133. The van der Waals surface area contributed by atoms with Gasteiger partial charge >= 0.3 is 6.09 Å². The fourth-order valence-corrected chi connectivity index (χ4v) is 5.41. The van der Waals surface area contributed by atoms with Gasteiger partial charge in [0, 0.05) is 42.0 Å². The average Bonchev–Trinajstić information content (AvgIpc) is 3.16. The van der Waals surface area contributed by atoms with Crippen LogP contribution in [-0.4, -0.2) is 47.6 Å². The molecule has 11 heteroatoms. The predicted molar refractivity (Wildman–Crippen MR) is 112 cm³/mol. The number of hydrogen-bond acceptors (Lipinski definition) is 4. The van der Waals surface area contributed by atoms with Crippen LogP contribution in [-0.2, 0) is 10.0 Å². The van der Waals surface area contributed by atoms with Gasteiger partial charge < -0.3 is 15.3 Å². The van der Waals surface area contributed by atoms with Gasteiger partial charge in [-0.15, -0.1) is 0 Å². The van der Waals surface area contributed by atoms with Crippen molar-refractivity contribution in [3.8, 4) is 0 Å². The van der Waals surface area contributed by atoms with Crippen LogP contribution < -0.4 is 5.32 Å². The zero-order valence-corrected chi connectivity index (χ0v) is 17.5. The Labute approximate surface area is 182 Å². The molecule has 4 rings (SSSR count). The fraction of sp³-hybridized carbons (Fsp3) is 0.286. The number of rotatable bonds is 5. The number of alkyl halides is 2. The second kappa shape index (κ2) is 8.38. The molecule has 3 aromatic rings. The maximum Gasteiger partial charge on any atom is 0.407 e. The van der Waals surface area contributed by atoms with Crippen molar-refractivity contribution in [2.75, 3.05) is 18.4 Å². The van der Waals surface area contributed by atoms with Crippen LogP contribution in [0.1, 0.15) is 24.8 Å². The first kappa shape index (κ1) is 22.0. The summed E-state index contributed by atoms with van der Waals surface area (Å²) in [6.45, 7) is 0.598. The largest absolute Gasteiger partial charge is 0.465 e. The fourth-order valence-electron chi connectivity index (χ4n) is 3.97. The number of aromatic nitrogens is 1.